The van der Waals surface area contributed by atoms with Crippen LogP contribution < -0.4 is 5.73 Å². The first-order chi connectivity index (χ1) is 8.72. The molecular formula is C12H25NO5. The predicted octanol–water partition coefficient (Wildman–Crippen LogP) is -0.465. The molecule has 0 spiro atoms. The molecule has 1 aliphatic heterocycles. The van der Waals surface area contributed by atoms with Gasteiger partial charge in [-0.25, -0.2) is 0 Å². The van der Waals surface area contributed by atoms with E-state index in [-0.39, 0.29) is 18.8 Å². The highest BCUT2D eigenvalue weighted by Gasteiger charge is 2.32. The number of methoxy groups -OCH3 is 1. The quantitative estimate of drug-likeness (QED) is 0.547. The Morgan fingerprint density at radius 2 is 2.00 bits per heavy atom. The maximum atomic E-state index is 9.73. The molecule has 108 valence electrons. The zero-order chi connectivity index (χ0) is 13.3. The van der Waals surface area contributed by atoms with Gasteiger partial charge in [0.25, 0.3) is 0 Å². The molecule has 0 aromatic rings. The third-order valence-corrected chi connectivity index (χ3v) is 3.10. The molecule has 1 saturated heterocycles. The fraction of sp³-hybridized carbons (Fsp3) is 1.00. The topological polar surface area (TPSA) is 83.2 Å². The van der Waals surface area contributed by atoms with Crippen molar-refractivity contribution in [2.75, 3.05) is 53.3 Å². The molecule has 0 aromatic heterocycles. The maximum Gasteiger partial charge on any atom is 0.101 e. The summed E-state index contributed by atoms with van der Waals surface area (Å²) in [5.41, 5.74) is 5.41. The van der Waals surface area contributed by atoms with E-state index in [0.717, 1.165) is 12.8 Å². The Labute approximate surface area is 108 Å². The van der Waals surface area contributed by atoms with Crippen molar-refractivity contribution in [3.05, 3.63) is 0 Å². The second-order valence-electron chi connectivity index (χ2n) is 4.53. The van der Waals surface area contributed by atoms with Gasteiger partial charge in [0.15, 0.2) is 0 Å². The number of nitrogens with two attached hydrogens (primary N) is 1. The van der Waals surface area contributed by atoms with Crippen LogP contribution in [0.1, 0.15) is 12.8 Å². The van der Waals surface area contributed by atoms with Gasteiger partial charge < -0.3 is 29.8 Å². The second-order valence-corrected chi connectivity index (χ2v) is 4.53. The molecule has 0 saturated carbocycles. The van der Waals surface area contributed by atoms with E-state index < -0.39 is 6.10 Å². The number of hydrogen-bond acceptors (Lipinski definition) is 6. The van der Waals surface area contributed by atoms with Crippen LogP contribution in [0.25, 0.3) is 0 Å². The van der Waals surface area contributed by atoms with Crippen LogP contribution in [0, 0.1) is 0 Å². The van der Waals surface area contributed by atoms with Crippen LogP contribution in [0.5, 0.6) is 0 Å². The highest BCUT2D eigenvalue weighted by Crippen LogP contribution is 2.24. The summed E-state index contributed by atoms with van der Waals surface area (Å²) in [5, 5.41) is 9.73. The molecule has 3 N–H and O–H groups in total. The molecule has 18 heavy (non-hydrogen) atoms. The van der Waals surface area contributed by atoms with Gasteiger partial charge in [-0.05, 0) is 0 Å². The third-order valence-electron chi connectivity index (χ3n) is 3.10. The highest BCUT2D eigenvalue weighted by atomic mass is 16.5. The Hall–Kier alpha value is -0.240. The SMILES string of the molecule is COCCOCC(O)COC1(CN)CCOCC1. The lowest BCUT2D eigenvalue weighted by molar-refractivity contribution is -0.132. The van der Waals surface area contributed by atoms with E-state index in [0.29, 0.717) is 33.0 Å². The number of hydrogen-bond donors (Lipinski definition) is 2. The lowest BCUT2D eigenvalue weighted by Crippen LogP contribution is -2.47. The van der Waals surface area contributed by atoms with Crippen LogP contribution in [0.4, 0.5) is 0 Å². The van der Waals surface area contributed by atoms with E-state index in [4.69, 9.17) is 24.7 Å². The summed E-state index contributed by atoms with van der Waals surface area (Å²) in [6.45, 7) is 3.27. The van der Waals surface area contributed by atoms with E-state index >= 15 is 0 Å². The Balaban J connectivity index is 2.16. The molecule has 0 radical (unpaired) electrons. The van der Waals surface area contributed by atoms with Crippen molar-refractivity contribution in [1.29, 1.82) is 0 Å². The van der Waals surface area contributed by atoms with E-state index in [1.54, 1.807) is 7.11 Å². The standard InChI is InChI=1S/C12H25NO5/c1-15-6-7-17-8-11(14)9-18-12(10-13)2-4-16-5-3-12/h11,14H,2-10,13H2,1H3. The van der Waals surface area contributed by atoms with Crippen LogP contribution >= 0.6 is 0 Å². The minimum atomic E-state index is -0.631. The molecule has 6 heteroatoms. The van der Waals surface area contributed by atoms with Crippen molar-refractivity contribution < 1.29 is 24.1 Å². The molecule has 1 rings (SSSR count). The van der Waals surface area contributed by atoms with Crippen molar-refractivity contribution in [2.45, 2.75) is 24.5 Å². The number of rotatable bonds is 9. The smallest absolute Gasteiger partial charge is 0.101 e. The molecule has 6 nitrogen and oxygen atoms in total. The Morgan fingerprint density at radius 1 is 1.28 bits per heavy atom. The van der Waals surface area contributed by atoms with Gasteiger partial charge in [-0.1, -0.05) is 0 Å². The zero-order valence-electron chi connectivity index (χ0n) is 11.1. The monoisotopic (exact) mass is 263 g/mol. The molecule has 1 aliphatic rings. The summed E-state index contributed by atoms with van der Waals surface area (Å²) in [6, 6.07) is 0. The van der Waals surface area contributed by atoms with Gasteiger partial charge in [-0.3, -0.25) is 0 Å². The minimum Gasteiger partial charge on any atom is -0.388 e. The zero-order valence-corrected chi connectivity index (χ0v) is 11.1. The molecule has 1 heterocycles. The largest absolute Gasteiger partial charge is 0.388 e. The second kappa shape index (κ2) is 8.79. The van der Waals surface area contributed by atoms with Crippen LogP contribution in [0.15, 0.2) is 0 Å². The van der Waals surface area contributed by atoms with Crippen LogP contribution in [0.3, 0.4) is 0 Å². The summed E-state index contributed by atoms with van der Waals surface area (Å²) in [5.74, 6) is 0. The van der Waals surface area contributed by atoms with Crippen LogP contribution in [0.2, 0.25) is 0 Å². The van der Waals surface area contributed by atoms with Gasteiger partial charge in [-0.15, -0.1) is 0 Å². The van der Waals surface area contributed by atoms with Gasteiger partial charge in [-0.2, -0.15) is 0 Å². The Morgan fingerprint density at radius 3 is 2.61 bits per heavy atom. The molecule has 0 aromatic carbocycles. The lowest BCUT2D eigenvalue weighted by Gasteiger charge is -2.36. The van der Waals surface area contributed by atoms with Crippen molar-refractivity contribution in [1.82, 2.24) is 0 Å². The van der Waals surface area contributed by atoms with Crippen LogP contribution in [-0.2, 0) is 18.9 Å². The third kappa shape index (κ3) is 5.60. The Bertz CT molecular complexity index is 209. The maximum absolute atomic E-state index is 9.73. The summed E-state index contributed by atoms with van der Waals surface area (Å²) in [6.07, 6.45) is 0.926. The van der Waals surface area contributed by atoms with Crippen molar-refractivity contribution in [3.63, 3.8) is 0 Å². The average Bonchev–Trinajstić information content (AvgIpc) is 2.42. The number of aliphatic hydroxyl groups is 1. The van der Waals surface area contributed by atoms with Gasteiger partial charge in [0.05, 0.1) is 32.0 Å². The fourth-order valence-corrected chi connectivity index (χ4v) is 1.83. The lowest BCUT2D eigenvalue weighted by atomic mass is 9.94. The summed E-state index contributed by atoms with van der Waals surface area (Å²) in [4.78, 5) is 0. The number of aliphatic hydroxyl groups excluding tert-OH is 1. The van der Waals surface area contributed by atoms with Crippen molar-refractivity contribution in [3.8, 4) is 0 Å². The van der Waals surface area contributed by atoms with Gasteiger partial charge in [0, 0.05) is 39.7 Å². The van der Waals surface area contributed by atoms with E-state index in [1.807, 2.05) is 0 Å². The first kappa shape index (κ1) is 15.8. The summed E-state index contributed by atoms with van der Waals surface area (Å²) in [7, 11) is 1.61. The van der Waals surface area contributed by atoms with Gasteiger partial charge in [0.1, 0.15) is 6.10 Å². The molecule has 1 atom stereocenters. The normalized spacial score (nSPS) is 20.8. The molecular weight excluding hydrogens is 238 g/mol. The fourth-order valence-electron chi connectivity index (χ4n) is 1.83. The molecule has 1 fully saturated rings. The summed E-state index contributed by atoms with van der Waals surface area (Å²) < 4.78 is 21.1. The Kier molecular flexibility index (Phi) is 7.73. The highest BCUT2D eigenvalue weighted by molar-refractivity contribution is 4.84. The van der Waals surface area contributed by atoms with Gasteiger partial charge in [0.2, 0.25) is 0 Å². The summed E-state index contributed by atoms with van der Waals surface area (Å²) >= 11 is 0. The minimum absolute atomic E-state index is 0.240. The molecule has 1 unspecified atom stereocenters. The van der Waals surface area contributed by atoms with Crippen molar-refractivity contribution >= 4 is 0 Å². The van der Waals surface area contributed by atoms with Gasteiger partial charge >= 0.3 is 0 Å². The first-order valence-corrected chi connectivity index (χ1v) is 6.39. The predicted molar refractivity (Wildman–Crippen MR) is 66.5 cm³/mol. The van der Waals surface area contributed by atoms with E-state index in [2.05, 4.69) is 0 Å². The average molecular weight is 263 g/mol. The molecule has 0 aliphatic carbocycles. The first-order valence-electron chi connectivity index (χ1n) is 6.39. The molecule has 0 bridgehead atoms. The molecule has 0 amide bonds. The van der Waals surface area contributed by atoms with E-state index in [1.165, 1.54) is 0 Å². The van der Waals surface area contributed by atoms with Crippen LogP contribution in [-0.4, -0.2) is 70.1 Å². The van der Waals surface area contributed by atoms with E-state index in [9.17, 15) is 5.11 Å². The van der Waals surface area contributed by atoms with Crippen molar-refractivity contribution in [2.24, 2.45) is 5.73 Å². The number of ether oxygens (including phenoxy) is 4.